The molecule has 0 radical (unpaired) electrons. The zero-order chi connectivity index (χ0) is 10.9. The van der Waals surface area contributed by atoms with Gasteiger partial charge in [-0.25, -0.2) is 12.8 Å². The Hall–Kier alpha value is -1.12. The molecule has 3 nitrogen and oxygen atoms in total. The molecular formula is C8H5ClFNO2S. The highest BCUT2D eigenvalue weighted by Gasteiger charge is 2.15. The lowest BCUT2D eigenvalue weighted by atomic mass is 10.1. The molecule has 0 heterocycles. The molecule has 0 bridgehead atoms. The number of hydrogen-bond donors (Lipinski definition) is 0. The second-order valence-electron chi connectivity index (χ2n) is 2.63. The topological polar surface area (TPSA) is 57.9 Å². The lowest BCUT2D eigenvalue weighted by Crippen LogP contribution is -1.96. The molecule has 0 saturated carbocycles. The van der Waals surface area contributed by atoms with Gasteiger partial charge in [-0.1, -0.05) is 0 Å². The normalized spacial score (nSPS) is 11.0. The second-order valence-corrected chi connectivity index (χ2v) is 5.19. The van der Waals surface area contributed by atoms with Gasteiger partial charge < -0.3 is 0 Å². The maximum Gasteiger partial charge on any atom is 0.261 e. The fourth-order valence-corrected chi connectivity index (χ4v) is 1.68. The van der Waals surface area contributed by atoms with E-state index in [-0.39, 0.29) is 11.1 Å². The number of halogens is 2. The third-order valence-electron chi connectivity index (χ3n) is 1.72. The van der Waals surface area contributed by atoms with Crippen LogP contribution in [-0.2, 0) is 9.05 Å². The summed E-state index contributed by atoms with van der Waals surface area (Å²) in [5, 5.41) is 8.58. The van der Waals surface area contributed by atoms with E-state index in [1.165, 1.54) is 6.92 Å². The Morgan fingerprint density at radius 3 is 2.50 bits per heavy atom. The number of hydrogen-bond acceptors (Lipinski definition) is 3. The lowest BCUT2D eigenvalue weighted by molar-refractivity contribution is 0.598. The second kappa shape index (κ2) is 3.56. The van der Waals surface area contributed by atoms with Crippen molar-refractivity contribution in [1.82, 2.24) is 0 Å². The van der Waals surface area contributed by atoms with Crippen molar-refractivity contribution in [3.05, 3.63) is 29.1 Å². The highest BCUT2D eigenvalue weighted by atomic mass is 35.7. The van der Waals surface area contributed by atoms with Crippen LogP contribution in [0.1, 0.15) is 11.1 Å². The van der Waals surface area contributed by atoms with Gasteiger partial charge >= 0.3 is 0 Å². The van der Waals surface area contributed by atoms with Crippen LogP contribution in [-0.4, -0.2) is 8.42 Å². The van der Waals surface area contributed by atoms with Crippen LogP contribution in [0.5, 0.6) is 0 Å². The Morgan fingerprint density at radius 2 is 2.07 bits per heavy atom. The van der Waals surface area contributed by atoms with E-state index in [1.807, 2.05) is 0 Å². The van der Waals surface area contributed by atoms with Crippen molar-refractivity contribution in [2.45, 2.75) is 11.8 Å². The van der Waals surface area contributed by atoms with Gasteiger partial charge in [-0.2, -0.15) is 5.26 Å². The summed E-state index contributed by atoms with van der Waals surface area (Å²) in [5.74, 6) is -0.761. The Kier molecular flexibility index (Phi) is 2.79. The summed E-state index contributed by atoms with van der Waals surface area (Å²) in [7, 11) is 1.01. The summed E-state index contributed by atoms with van der Waals surface area (Å²) in [6.45, 7) is 1.39. The smallest absolute Gasteiger partial charge is 0.207 e. The Morgan fingerprint density at radius 1 is 1.50 bits per heavy atom. The van der Waals surface area contributed by atoms with Crippen molar-refractivity contribution in [1.29, 1.82) is 5.26 Å². The van der Waals surface area contributed by atoms with E-state index >= 15 is 0 Å². The van der Waals surface area contributed by atoms with Gasteiger partial charge in [0.2, 0.25) is 0 Å². The molecule has 0 unspecified atom stereocenters. The lowest BCUT2D eigenvalue weighted by Gasteiger charge is -2.01. The summed E-state index contributed by atoms with van der Waals surface area (Å²) in [6, 6.07) is 3.52. The predicted molar refractivity (Wildman–Crippen MR) is 48.9 cm³/mol. The summed E-state index contributed by atoms with van der Waals surface area (Å²) < 4.78 is 34.8. The largest absolute Gasteiger partial charge is 0.261 e. The minimum Gasteiger partial charge on any atom is -0.207 e. The highest BCUT2D eigenvalue weighted by Crippen LogP contribution is 2.21. The van der Waals surface area contributed by atoms with E-state index in [9.17, 15) is 12.8 Å². The van der Waals surface area contributed by atoms with Crippen LogP contribution in [0.2, 0.25) is 0 Å². The highest BCUT2D eigenvalue weighted by molar-refractivity contribution is 8.13. The predicted octanol–water partition coefficient (Wildman–Crippen LogP) is 1.93. The fraction of sp³-hybridized carbons (Fsp3) is 0.125. The van der Waals surface area contributed by atoms with Crippen molar-refractivity contribution in [3.63, 3.8) is 0 Å². The summed E-state index contributed by atoms with van der Waals surface area (Å²) in [6.07, 6.45) is 0. The van der Waals surface area contributed by atoms with Gasteiger partial charge in [-0.15, -0.1) is 0 Å². The first-order valence-corrected chi connectivity index (χ1v) is 5.82. The van der Waals surface area contributed by atoms with E-state index in [0.29, 0.717) is 0 Å². The van der Waals surface area contributed by atoms with Crippen molar-refractivity contribution < 1.29 is 12.8 Å². The minimum atomic E-state index is -3.99. The first-order chi connectivity index (χ1) is 6.36. The van der Waals surface area contributed by atoms with Crippen LogP contribution in [0.15, 0.2) is 17.0 Å². The first-order valence-electron chi connectivity index (χ1n) is 3.51. The fourth-order valence-electron chi connectivity index (χ4n) is 0.911. The summed E-state index contributed by atoms with van der Waals surface area (Å²) >= 11 is 0. The van der Waals surface area contributed by atoms with Crippen molar-refractivity contribution in [3.8, 4) is 6.07 Å². The maximum absolute atomic E-state index is 13.1. The Bertz CT molecular complexity index is 519. The molecule has 0 aliphatic heterocycles. The van der Waals surface area contributed by atoms with Crippen molar-refractivity contribution >= 4 is 19.7 Å². The minimum absolute atomic E-state index is 0.0378. The first kappa shape index (κ1) is 11.0. The number of rotatable bonds is 1. The Labute approximate surface area is 85.2 Å². The number of benzene rings is 1. The molecule has 1 aromatic carbocycles. The van der Waals surface area contributed by atoms with Gasteiger partial charge in [-0.3, -0.25) is 0 Å². The summed E-state index contributed by atoms with van der Waals surface area (Å²) in [4.78, 5) is -0.404. The molecule has 74 valence electrons. The quantitative estimate of drug-likeness (QED) is 0.697. The van der Waals surface area contributed by atoms with Crippen molar-refractivity contribution in [2.75, 3.05) is 0 Å². The molecule has 0 amide bonds. The van der Waals surface area contributed by atoms with Gasteiger partial charge in [0.25, 0.3) is 9.05 Å². The average Bonchev–Trinajstić information content (AvgIpc) is 2.07. The van der Waals surface area contributed by atoms with Crippen LogP contribution in [0, 0.1) is 24.1 Å². The van der Waals surface area contributed by atoms with E-state index in [4.69, 9.17) is 15.9 Å². The van der Waals surface area contributed by atoms with Gasteiger partial charge in [0.05, 0.1) is 16.5 Å². The van der Waals surface area contributed by atoms with E-state index in [2.05, 4.69) is 0 Å². The SMILES string of the molecule is Cc1c(F)cc(S(=O)(=O)Cl)cc1C#N. The van der Waals surface area contributed by atoms with Gasteiger partial charge in [-0.05, 0) is 19.1 Å². The van der Waals surface area contributed by atoms with Crippen LogP contribution >= 0.6 is 10.7 Å². The molecule has 14 heavy (non-hydrogen) atoms. The molecule has 0 spiro atoms. The van der Waals surface area contributed by atoms with Crippen LogP contribution in [0.4, 0.5) is 4.39 Å². The van der Waals surface area contributed by atoms with E-state index in [0.717, 1.165) is 12.1 Å². The van der Waals surface area contributed by atoms with E-state index < -0.39 is 19.8 Å². The number of nitrogens with zero attached hydrogens (tertiary/aromatic N) is 1. The molecule has 1 rings (SSSR count). The molecule has 0 saturated heterocycles. The molecule has 0 aromatic heterocycles. The van der Waals surface area contributed by atoms with Crippen LogP contribution < -0.4 is 0 Å². The average molecular weight is 234 g/mol. The third-order valence-corrected chi connectivity index (χ3v) is 3.05. The zero-order valence-electron chi connectivity index (χ0n) is 7.08. The van der Waals surface area contributed by atoms with Gasteiger partial charge in [0.15, 0.2) is 0 Å². The molecular weight excluding hydrogens is 229 g/mol. The van der Waals surface area contributed by atoms with Gasteiger partial charge in [0.1, 0.15) is 5.82 Å². The standard InChI is InChI=1S/C8H5ClFNO2S/c1-5-6(4-11)2-7(3-8(5)10)14(9,12)13/h2-3H,1H3. The molecule has 0 N–H and O–H groups in total. The maximum atomic E-state index is 13.1. The molecule has 6 heteroatoms. The van der Waals surface area contributed by atoms with Crippen LogP contribution in [0.3, 0.4) is 0 Å². The number of nitriles is 1. The van der Waals surface area contributed by atoms with Crippen LogP contribution in [0.25, 0.3) is 0 Å². The van der Waals surface area contributed by atoms with E-state index in [1.54, 1.807) is 6.07 Å². The third kappa shape index (κ3) is 2.03. The Balaban J connectivity index is 3.56. The molecule has 0 aliphatic carbocycles. The monoisotopic (exact) mass is 233 g/mol. The molecule has 1 aromatic rings. The van der Waals surface area contributed by atoms with Crippen molar-refractivity contribution in [2.24, 2.45) is 0 Å². The molecule has 0 atom stereocenters. The molecule has 0 fully saturated rings. The molecule has 0 aliphatic rings. The zero-order valence-corrected chi connectivity index (χ0v) is 8.66. The van der Waals surface area contributed by atoms with Gasteiger partial charge in [0, 0.05) is 16.2 Å². The summed E-state index contributed by atoms with van der Waals surface area (Å²) in [5.41, 5.74) is 0.0702.